The number of likely N-dealkylation sites (tertiary alicyclic amines) is 1. The minimum atomic E-state index is -1.26. The summed E-state index contributed by atoms with van der Waals surface area (Å²) in [6, 6.07) is 10.5. The Labute approximate surface area is 191 Å². The van der Waals surface area contributed by atoms with E-state index >= 15 is 0 Å². The largest absolute Gasteiger partial charge is 0.478 e. The molecule has 0 atom stereocenters. The molecule has 1 aromatic rings. The molecular weight excluding hydrogens is 434 g/mol. The third kappa shape index (κ3) is 9.52. The average molecular weight is 464 g/mol. The fourth-order valence-electron chi connectivity index (χ4n) is 3.31. The molecule has 0 aromatic heterocycles. The van der Waals surface area contributed by atoms with Gasteiger partial charge in [-0.1, -0.05) is 18.2 Å². The molecule has 9 nitrogen and oxygen atoms in total. The highest BCUT2D eigenvalue weighted by atomic mass is 32.2. The van der Waals surface area contributed by atoms with Gasteiger partial charge in [-0.2, -0.15) is 0 Å². The SMILES string of the molecule is O=C(CN1CCCC1=O)N1CCN(CCSc2ccccc2)CC1.O=C(O)/C=C/C(=O)O. The van der Waals surface area contributed by atoms with Crippen LogP contribution in [0.3, 0.4) is 0 Å². The van der Waals surface area contributed by atoms with E-state index in [9.17, 15) is 19.2 Å². The van der Waals surface area contributed by atoms with Crippen LogP contribution in [0.2, 0.25) is 0 Å². The quantitative estimate of drug-likeness (QED) is 0.437. The van der Waals surface area contributed by atoms with Gasteiger partial charge in [0.05, 0.1) is 6.54 Å². The maximum Gasteiger partial charge on any atom is 0.328 e. The van der Waals surface area contributed by atoms with E-state index in [0.717, 1.165) is 51.4 Å². The second-order valence-electron chi connectivity index (χ2n) is 7.31. The van der Waals surface area contributed by atoms with E-state index in [1.807, 2.05) is 22.7 Å². The number of nitrogens with zero attached hydrogens (tertiary/aromatic N) is 3. The Morgan fingerprint density at radius 3 is 2.09 bits per heavy atom. The number of benzene rings is 1. The third-order valence-corrected chi connectivity index (χ3v) is 6.00. The van der Waals surface area contributed by atoms with Gasteiger partial charge in [-0.15, -0.1) is 11.8 Å². The lowest BCUT2D eigenvalue weighted by Gasteiger charge is -2.35. The van der Waals surface area contributed by atoms with Crippen LogP contribution in [-0.4, -0.2) is 100 Å². The molecule has 0 aliphatic carbocycles. The van der Waals surface area contributed by atoms with Crippen molar-refractivity contribution in [2.45, 2.75) is 17.7 Å². The van der Waals surface area contributed by atoms with Crippen LogP contribution < -0.4 is 0 Å². The molecule has 2 aliphatic heterocycles. The molecule has 2 fully saturated rings. The lowest BCUT2D eigenvalue weighted by molar-refractivity contribution is -0.139. The number of rotatable bonds is 8. The van der Waals surface area contributed by atoms with Gasteiger partial charge in [-0.25, -0.2) is 9.59 Å². The van der Waals surface area contributed by atoms with E-state index in [-0.39, 0.29) is 18.4 Å². The molecule has 3 rings (SSSR count). The van der Waals surface area contributed by atoms with E-state index in [1.54, 1.807) is 4.90 Å². The number of piperazine rings is 1. The van der Waals surface area contributed by atoms with Crippen molar-refractivity contribution in [1.82, 2.24) is 14.7 Å². The number of carbonyl (C=O) groups excluding carboxylic acids is 2. The average Bonchev–Trinajstić information content (AvgIpc) is 3.18. The molecule has 0 spiro atoms. The van der Waals surface area contributed by atoms with Gasteiger partial charge in [0, 0.05) is 68.5 Å². The number of aliphatic carboxylic acids is 2. The Morgan fingerprint density at radius 2 is 1.56 bits per heavy atom. The Kier molecular flexibility index (Phi) is 10.8. The number of hydrogen-bond donors (Lipinski definition) is 2. The Bertz CT molecular complexity index is 793. The topological polar surface area (TPSA) is 118 Å². The van der Waals surface area contributed by atoms with Crippen molar-refractivity contribution >= 4 is 35.5 Å². The maximum absolute atomic E-state index is 12.3. The molecule has 32 heavy (non-hydrogen) atoms. The van der Waals surface area contributed by atoms with Gasteiger partial charge in [-0.05, 0) is 18.6 Å². The lowest BCUT2D eigenvalue weighted by Crippen LogP contribution is -2.51. The molecular formula is C22H29N3O6S. The highest BCUT2D eigenvalue weighted by molar-refractivity contribution is 7.99. The summed E-state index contributed by atoms with van der Waals surface area (Å²) in [5, 5.41) is 15.6. The summed E-state index contributed by atoms with van der Waals surface area (Å²) in [5.74, 6) is -1.22. The number of carboxylic acid groups (broad SMARTS) is 2. The maximum atomic E-state index is 12.3. The number of carbonyl (C=O) groups is 4. The van der Waals surface area contributed by atoms with Crippen molar-refractivity contribution in [2.75, 3.05) is 51.6 Å². The van der Waals surface area contributed by atoms with E-state index in [2.05, 4.69) is 29.2 Å². The zero-order valence-electron chi connectivity index (χ0n) is 17.9. The Morgan fingerprint density at radius 1 is 0.938 bits per heavy atom. The fourth-order valence-corrected chi connectivity index (χ4v) is 4.24. The first-order chi connectivity index (χ1) is 15.3. The molecule has 2 N–H and O–H groups in total. The molecule has 2 heterocycles. The van der Waals surface area contributed by atoms with Gasteiger partial charge < -0.3 is 20.0 Å². The molecule has 0 bridgehead atoms. The van der Waals surface area contributed by atoms with Gasteiger partial charge in [0.1, 0.15) is 0 Å². The Hall–Kier alpha value is -2.85. The van der Waals surface area contributed by atoms with Crippen molar-refractivity contribution in [2.24, 2.45) is 0 Å². The van der Waals surface area contributed by atoms with E-state index < -0.39 is 11.9 Å². The summed E-state index contributed by atoms with van der Waals surface area (Å²) >= 11 is 1.88. The van der Waals surface area contributed by atoms with Crippen LogP contribution in [-0.2, 0) is 19.2 Å². The van der Waals surface area contributed by atoms with E-state index in [4.69, 9.17) is 10.2 Å². The summed E-state index contributed by atoms with van der Waals surface area (Å²) in [7, 11) is 0. The van der Waals surface area contributed by atoms with Crippen molar-refractivity contribution in [3.05, 3.63) is 42.5 Å². The van der Waals surface area contributed by atoms with Gasteiger partial charge in [-0.3, -0.25) is 14.5 Å². The van der Waals surface area contributed by atoms with Crippen LogP contribution in [0.1, 0.15) is 12.8 Å². The molecule has 10 heteroatoms. The molecule has 0 radical (unpaired) electrons. The van der Waals surface area contributed by atoms with Crippen LogP contribution >= 0.6 is 11.8 Å². The molecule has 0 unspecified atom stereocenters. The summed E-state index contributed by atoms with van der Waals surface area (Å²) in [4.78, 5) is 50.4. The minimum Gasteiger partial charge on any atom is -0.478 e. The number of thioether (sulfide) groups is 1. The predicted molar refractivity (Wildman–Crippen MR) is 120 cm³/mol. The summed E-state index contributed by atoms with van der Waals surface area (Å²) in [6.45, 7) is 5.45. The second-order valence-corrected chi connectivity index (χ2v) is 8.48. The monoisotopic (exact) mass is 463 g/mol. The van der Waals surface area contributed by atoms with Gasteiger partial charge in [0.25, 0.3) is 0 Å². The number of carboxylic acids is 2. The zero-order valence-corrected chi connectivity index (χ0v) is 18.7. The highest BCUT2D eigenvalue weighted by Crippen LogP contribution is 2.17. The predicted octanol–water partition coefficient (Wildman–Crippen LogP) is 1.26. The van der Waals surface area contributed by atoms with Crippen LogP contribution in [0.15, 0.2) is 47.4 Å². The van der Waals surface area contributed by atoms with Crippen LogP contribution in [0, 0.1) is 0 Å². The van der Waals surface area contributed by atoms with Crippen LogP contribution in [0.5, 0.6) is 0 Å². The standard InChI is InChI=1S/C18H25N3O2S.C4H4O4/c22-17-7-4-8-21(17)15-18(23)20-11-9-19(10-12-20)13-14-24-16-5-2-1-3-6-16;5-3(6)1-2-4(7)8/h1-3,5-6H,4,7-15H2;1-2H,(H,5,6)(H,7,8)/b;2-1+. The van der Waals surface area contributed by atoms with Crippen LogP contribution in [0.25, 0.3) is 0 Å². The molecule has 2 amide bonds. The van der Waals surface area contributed by atoms with Crippen molar-refractivity contribution in [3.8, 4) is 0 Å². The number of hydrogen-bond acceptors (Lipinski definition) is 6. The fraction of sp³-hybridized carbons (Fsp3) is 0.455. The molecule has 1 aromatic carbocycles. The first kappa shape index (κ1) is 25.4. The normalized spacial score (nSPS) is 16.7. The van der Waals surface area contributed by atoms with E-state index in [1.165, 1.54) is 4.90 Å². The molecule has 174 valence electrons. The molecule has 2 saturated heterocycles. The minimum absolute atomic E-state index is 0.101. The first-order valence-corrected chi connectivity index (χ1v) is 11.4. The molecule has 2 aliphatic rings. The molecule has 0 saturated carbocycles. The van der Waals surface area contributed by atoms with Gasteiger partial charge >= 0.3 is 11.9 Å². The van der Waals surface area contributed by atoms with Crippen LogP contribution in [0.4, 0.5) is 0 Å². The zero-order chi connectivity index (χ0) is 23.3. The van der Waals surface area contributed by atoms with Crippen molar-refractivity contribution < 1.29 is 29.4 Å². The van der Waals surface area contributed by atoms with E-state index in [0.29, 0.717) is 18.6 Å². The highest BCUT2D eigenvalue weighted by Gasteiger charge is 2.26. The summed E-state index contributed by atoms with van der Waals surface area (Å²) < 4.78 is 0. The first-order valence-electron chi connectivity index (χ1n) is 10.4. The second kappa shape index (κ2) is 13.5. The third-order valence-electron chi connectivity index (χ3n) is 5.01. The summed E-state index contributed by atoms with van der Waals surface area (Å²) in [5.41, 5.74) is 0. The number of amides is 2. The van der Waals surface area contributed by atoms with Crippen molar-refractivity contribution in [1.29, 1.82) is 0 Å². The lowest BCUT2D eigenvalue weighted by atomic mass is 10.3. The Balaban J connectivity index is 0.000000390. The smallest absolute Gasteiger partial charge is 0.328 e. The van der Waals surface area contributed by atoms with Gasteiger partial charge in [0.2, 0.25) is 11.8 Å². The van der Waals surface area contributed by atoms with Gasteiger partial charge in [0.15, 0.2) is 0 Å². The van der Waals surface area contributed by atoms with Crippen molar-refractivity contribution in [3.63, 3.8) is 0 Å². The summed E-state index contributed by atoms with van der Waals surface area (Å²) in [6.07, 6.45) is 2.60.